The number of rotatable bonds is 3. The molecule has 0 atom stereocenters. The van der Waals surface area contributed by atoms with Crippen LogP contribution < -0.4 is 11.1 Å². The van der Waals surface area contributed by atoms with Crippen LogP contribution in [0.2, 0.25) is 0 Å². The van der Waals surface area contributed by atoms with E-state index in [1.54, 1.807) is 17.0 Å². The van der Waals surface area contributed by atoms with Gasteiger partial charge in [-0.25, -0.2) is 19.5 Å². The fraction of sp³-hybridized carbons (Fsp3) is 0.333. The van der Waals surface area contributed by atoms with Crippen LogP contribution in [0.1, 0.15) is 24.8 Å². The van der Waals surface area contributed by atoms with Crippen LogP contribution in [0.3, 0.4) is 0 Å². The number of anilines is 2. The van der Waals surface area contributed by atoms with Crippen molar-refractivity contribution in [2.24, 2.45) is 0 Å². The fourth-order valence-corrected chi connectivity index (χ4v) is 2.63. The Balaban J connectivity index is 1.77. The van der Waals surface area contributed by atoms with Gasteiger partial charge in [-0.15, -0.1) is 5.10 Å². The first kappa shape index (κ1) is 13.0. The summed E-state index contributed by atoms with van der Waals surface area (Å²) in [4.78, 5) is 13.1. The number of nitrogens with two attached hydrogens (primary N) is 1. The Kier molecular flexibility index (Phi) is 2.92. The van der Waals surface area contributed by atoms with Gasteiger partial charge in [0.05, 0.1) is 11.3 Å². The molecule has 1 saturated carbocycles. The SMILES string of the molecule is Cc1cnc2c(-c3cc(NC4CCC4)ncn3)c(N)nn2c1. The van der Waals surface area contributed by atoms with Crippen molar-refractivity contribution in [2.75, 3.05) is 11.1 Å². The highest BCUT2D eigenvalue weighted by Crippen LogP contribution is 2.29. The Hall–Kier alpha value is -2.70. The number of fused-ring (bicyclic) bond motifs is 1. The minimum absolute atomic E-state index is 0.423. The largest absolute Gasteiger partial charge is 0.382 e. The molecule has 0 amide bonds. The summed E-state index contributed by atoms with van der Waals surface area (Å²) in [5.74, 6) is 1.24. The molecule has 0 unspecified atom stereocenters. The van der Waals surface area contributed by atoms with E-state index in [-0.39, 0.29) is 0 Å². The Bertz CT molecular complexity index is 835. The molecular formula is C15H17N7. The highest BCUT2D eigenvalue weighted by molar-refractivity contribution is 5.84. The van der Waals surface area contributed by atoms with E-state index in [1.165, 1.54) is 19.3 Å². The molecule has 4 rings (SSSR count). The van der Waals surface area contributed by atoms with Crippen LogP contribution in [-0.2, 0) is 0 Å². The van der Waals surface area contributed by atoms with Crippen molar-refractivity contribution >= 4 is 17.3 Å². The van der Waals surface area contributed by atoms with Gasteiger partial charge in [0.25, 0.3) is 0 Å². The number of nitrogens with one attached hydrogen (secondary N) is 1. The maximum absolute atomic E-state index is 6.07. The number of hydrogen-bond acceptors (Lipinski definition) is 6. The van der Waals surface area contributed by atoms with E-state index < -0.39 is 0 Å². The Morgan fingerprint density at radius 2 is 2.14 bits per heavy atom. The van der Waals surface area contributed by atoms with E-state index in [4.69, 9.17) is 5.73 Å². The summed E-state index contributed by atoms with van der Waals surface area (Å²) >= 11 is 0. The van der Waals surface area contributed by atoms with Gasteiger partial charge in [0.1, 0.15) is 12.1 Å². The molecule has 0 radical (unpaired) electrons. The quantitative estimate of drug-likeness (QED) is 0.768. The van der Waals surface area contributed by atoms with Crippen molar-refractivity contribution in [1.29, 1.82) is 0 Å². The van der Waals surface area contributed by atoms with E-state index in [9.17, 15) is 0 Å². The average molecular weight is 295 g/mol. The first-order valence-corrected chi connectivity index (χ1v) is 7.40. The lowest BCUT2D eigenvalue weighted by Gasteiger charge is -2.26. The third-order valence-electron chi connectivity index (χ3n) is 4.01. The summed E-state index contributed by atoms with van der Waals surface area (Å²) < 4.78 is 1.70. The second-order valence-electron chi connectivity index (χ2n) is 5.72. The highest BCUT2D eigenvalue weighted by atomic mass is 15.3. The molecule has 7 nitrogen and oxygen atoms in total. The molecule has 3 heterocycles. The van der Waals surface area contributed by atoms with Crippen molar-refractivity contribution in [2.45, 2.75) is 32.2 Å². The van der Waals surface area contributed by atoms with Gasteiger partial charge in [0.15, 0.2) is 11.5 Å². The zero-order chi connectivity index (χ0) is 15.1. The molecule has 3 aromatic rings. The monoisotopic (exact) mass is 295 g/mol. The predicted octanol–water partition coefficient (Wildman–Crippen LogP) is 2.04. The molecule has 7 heteroatoms. The minimum Gasteiger partial charge on any atom is -0.382 e. The van der Waals surface area contributed by atoms with Gasteiger partial charge in [-0.3, -0.25) is 0 Å². The zero-order valence-electron chi connectivity index (χ0n) is 12.3. The van der Waals surface area contributed by atoms with Gasteiger partial charge in [0.2, 0.25) is 0 Å². The number of aromatic nitrogens is 5. The molecule has 0 bridgehead atoms. The summed E-state index contributed by atoms with van der Waals surface area (Å²) in [6, 6.07) is 2.43. The lowest BCUT2D eigenvalue weighted by Crippen LogP contribution is -2.27. The van der Waals surface area contributed by atoms with Crippen LogP contribution in [0.25, 0.3) is 16.9 Å². The highest BCUT2D eigenvalue weighted by Gasteiger charge is 2.19. The number of aryl methyl sites for hydroxylation is 1. The topological polar surface area (TPSA) is 94.0 Å². The molecule has 1 fully saturated rings. The smallest absolute Gasteiger partial charge is 0.166 e. The maximum Gasteiger partial charge on any atom is 0.166 e. The molecule has 0 spiro atoms. The lowest BCUT2D eigenvalue weighted by molar-refractivity contribution is 0.444. The van der Waals surface area contributed by atoms with Crippen molar-refractivity contribution in [1.82, 2.24) is 24.6 Å². The number of nitrogen functional groups attached to an aromatic ring is 1. The van der Waals surface area contributed by atoms with Gasteiger partial charge in [-0.05, 0) is 31.7 Å². The molecule has 3 aromatic heterocycles. The van der Waals surface area contributed by atoms with Gasteiger partial charge in [-0.1, -0.05) is 0 Å². The second-order valence-corrected chi connectivity index (χ2v) is 5.72. The molecule has 1 aliphatic carbocycles. The third kappa shape index (κ3) is 2.14. The van der Waals surface area contributed by atoms with Crippen LogP contribution in [-0.4, -0.2) is 30.6 Å². The van der Waals surface area contributed by atoms with Crippen molar-refractivity contribution in [3.05, 3.63) is 30.4 Å². The van der Waals surface area contributed by atoms with Crippen molar-refractivity contribution in [3.63, 3.8) is 0 Å². The molecule has 3 N–H and O–H groups in total. The average Bonchev–Trinajstić information content (AvgIpc) is 2.78. The normalized spacial score (nSPS) is 15.0. The van der Waals surface area contributed by atoms with Gasteiger partial charge in [0, 0.05) is 24.5 Å². The molecule has 22 heavy (non-hydrogen) atoms. The summed E-state index contributed by atoms with van der Waals surface area (Å²) in [5, 5.41) is 7.74. The Morgan fingerprint density at radius 1 is 1.27 bits per heavy atom. The minimum atomic E-state index is 0.423. The third-order valence-corrected chi connectivity index (χ3v) is 4.01. The van der Waals surface area contributed by atoms with E-state index in [0.29, 0.717) is 17.5 Å². The fourth-order valence-electron chi connectivity index (χ4n) is 2.63. The first-order chi connectivity index (χ1) is 10.7. The van der Waals surface area contributed by atoms with Gasteiger partial charge < -0.3 is 11.1 Å². The second kappa shape index (κ2) is 4.94. The molecule has 112 valence electrons. The Labute approximate surface area is 127 Å². The molecular weight excluding hydrogens is 278 g/mol. The van der Waals surface area contributed by atoms with E-state index in [2.05, 4.69) is 25.4 Å². The van der Waals surface area contributed by atoms with Gasteiger partial charge in [-0.2, -0.15) is 0 Å². The maximum atomic E-state index is 6.07. The van der Waals surface area contributed by atoms with Crippen LogP contribution in [0, 0.1) is 6.92 Å². The number of hydrogen-bond donors (Lipinski definition) is 2. The van der Waals surface area contributed by atoms with E-state index in [1.807, 2.05) is 19.2 Å². The lowest BCUT2D eigenvalue weighted by atomic mass is 9.93. The summed E-state index contributed by atoms with van der Waals surface area (Å²) in [5.41, 5.74) is 9.29. The standard InChI is InChI=1S/C15H17N7/c1-9-6-17-15-13(14(16)21-22(15)7-9)11-5-12(19-8-18-11)20-10-3-2-4-10/h5-8,10H,2-4H2,1H3,(H2,16,21)(H,18,19,20). The van der Waals surface area contributed by atoms with E-state index >= 15 is 0 Å². The number of nitrogens with zero attached hydrogens (tertiary/aromatic N) is 5. The van der Waals surface area contributed by atoms with Crippen LogP contribution in [0.4, 0.5) is 11.6 Å². The summed E-state index contributed by atoms with van der Waals surface area (Å²) in [6.45, 7) is 1.97. The molecule has 1 aliphatic rings. The zero-order valence-corrected chi connectivity index (χ0v) is 12.3. The predicted molar refractivity (Wildman–Crippen MR) is 84.4 cm³/mol. The van der Waals surface area contributed by atoms with E-state index in [0.717, 1.165) is 22.6 Å². The van der Waals surface area contributed by atoms with Crippen LogP contribution in [0.5, 0.6) is 0 Å². The first-order valence-electron chi connectivity index (χ1n) is 7.40. The summed E-state index contributed by atoms with van der Waals surface area (Å²) in [7, 11) is 0. The molecule has 0 aliphatic heterocycles. The summed E-state index contributed by atoms with van der Waals surface area (Å²) in [6.07, 6.45) is 8.91. The molecule has 0 saturated heterocycles. The van der Waals surface area contributed by atoms with Crippen molar-refractivity contribution < 1.29 is 0 Å². The van der Waals surface area contributed by atoms with Crippen LogP contribution >= 0.6 is 0 Å². The Morgan fingerprint density at radius 3 is 2.91 bits per heavy atom. The van der Waals surface area contributed by atoms with Crippen LogP contribution in [0.15, 0.2) is 24.8 Å². The van der Waals surface area contributed by atoms with Gasteiger partial charge >= 0.3 is 0 Å². The molecule has 0 aromatic carbocycles. The van der Waals surface area contributed by atoms with Crippen molar-refractivity contribution in [3.8, 4) is 11.3 Å².